The van der Waals surface area contributed by atoms with E-state index in [1.807, 2.05) is 0 Å². The Kier molecular flexibility index (Phi) is 4.00. The fourth-order valence-corrected chi connectivity index (χ4v) is 2.85. The summed E-state index contributed by atoms with van der Waals surface area (Å²) in [5.74, 6) is -0.375. The Labute approximate surface area is 145 Å². The van der Waals surface area contributed by atoms with Gasteiger partial charge in [-0.2, -0.15) is 18.2 Å². The molecule has 2 fully saturated rings. The van der Waals surface area contributed by atoms with Gasteiger partial charge in [0.15, 0.2) is 0 Å². The highest BCUT2D eigenvalue weighted by molar-refractivity contribution is 5.90. The summed E-state index contributed by atoms with van der Waals surface area (Å²) >= 11 is 0. The van der Waals surface area contributed by atoms with Gasteiger partial charge in [0.1, 0.15) is 11.7 Å². The van der Waals surface area contributed by atoms with Crippen LogP contribution in [0.2, 0.25) is 0 Å². The Bertz CT molecular complexity index is 820. The van der Waals surface area contributed by atoms with Crippen molar-refractivity contribution in [1.29, 1.82) is 0 Å². The van der Waals surface area contributed by atoms with Crippen LogP contribution in [0, 0.1) is 0 Å². The summed E-state index contributed by atoms with van der Waals surface area (Å²) in [6.07, 6.45) is -0.324. The molecule has 11 heteroatoms. The molecule has 1 amide bonds. The molecule has 0 bridgehead atoms. The van der Waals surface area contributed by atoms with Crippen LogP contribution in [0.15, 0.2) is 16.8 Å². The maximum absolute atomic E-state index is 12.9. The molecular weight excluding hydrogens is 353 g/mol. The predicted octanol–water partition coefficient (Wildman–Crippen LogP) is 2.11. The maximum atomic E-state index is 12.9. The Morgan fingerprint density at radius 2 is 2.08 bits per heavy atom. The third-order valence-corrected chi connectivity index (χ3v) is 4.29. The van der Waals surface area contributed by atoms with Gasteiger partial charge in [0, 0.05) is 18.8 Å². The molecule has 3 heterocycles. The van der Waals surface area contributed by atoms with Gasteiger partial charge in [-0.05, 0) is 31.7 Å². The normalized spacial score (nSPS) is 20.4. The van der Waals surface area contributed by atoms with Gasteiger partial charge in [0.25, 0.3) is 11.7 Å². The highest BCUT2D eigenvalue weighted by Crippen LogP contribution is 2.35. The molecule has 1 saturated heterocycles. The van der Waals surface area contributed by atoms with Crippen LogP contribution in [0.25, 0.3) is 0 Å². The fourth-order valence-electron chi connectivity index (χ4n) is 2.85. The zero-order chi connectivity index (χ0) is 18.3. The molecule has 1 aliphatic carbocycles. The highest BCUT2D eigenvalue weighted by Gasteiger charge is 2.37. The Morgan fingerprint density at radius 1 is 1.27 bits per heavy atom. The molecule has 26 heavy (non-hydrogen) atoms. The van der Waals surface area contributed by atoms with Crippen LogP contribution in [-0.4, -0.2) is 38.6 Å². The largest absolute Gasteiger partial charge is 0.433 e. The summed E-state index contributed by atoms with van der Waals surface area (Å²) in [7, 11) is 0. The first-order valence-electron chi connectivity index (χ1n) is 8.23. The Hall–Kier alpha value is -2.72. The smallest absolute Gasteiger partial charge is 0.346 e. The number of aromatic nitrogens is 4. The number of anilines is 1. The maximum Gasteiger partial charge on any atom is 0.433 e. The third kappa shape index (κ3) is 3.33. The monoisotopic (exact) mass is 368 g/mol. The van der Waals surface area contributed by atoms with E-state index in [-0.39, 0.29) is 23.7 Å². The SMILES string of the molecule is O=C(NC1CC1)c1noc([C@H]2CCCN2c2nccc(C(F)(F)F)n2)n1. The molecule has 0 aromatic carbocycles. The van der Waals surface area contributed by atoms with Crippen LogP contribution in [0.5, 0.6) is 0 Å². The van der Waals surface area contributed by atoms with Crippen molar-refractivity contribution < 1.29 is 22.5 Å². The quantitative estimate of drug-likeness (QED) is 0.883. The van der Waals surface area contributed by atoms with Crippen molar-refractivity contribution >= 4 is 11.9 Å². The lowest BCUT2D eigenvalue weighted by Gasteiger charge is -2.22. The van der Waals surface area contributed by atoms with Gasteiger partial charge < -0.3 is 14.7 Å². The van der Waals surface area contributed by atoms with Gasteiger partial charge in [0.05, 0.1) is 0 Å². The third-order valence-electron chi connectivity index (χ3n) is 4.29. The van der Waals surface area contributed by atoms with Gasteiger partial charge in [0.2, 0.25) is 11.8 Å². The summed E-state index contributed by atoms with van der Waals surface area (Å²) in [5.41, 5.74) is -1.01. The molecule has 2 aliphatic rings. The molecule has 0 unspecified atom stereocenters. The van der Waals surface area contributed by atoms with Gasteiger partial charge in [-0.1, -0.05) is 5.16 Å². The molecule has 0 spiro atoms. The highest BCUT2D eigenvalue weighted by atomic mass is 19.4. The van der Waals surface area contributed by atoms with Crippen molar-refractivity contribution in [2.24, 2.45) is 0 Å². The molecule has 1 aliphatic heterocycles. The van der Waals surface area contributed by atoms with E-state index in [0.29, 0.717) is 19.4 Å². The number of nitrogens with zero attached hydrogens (tertiary/aromatic N) is 5. The number of alkyl halides is 3. The number of carbonyl (C=O) groups is 1. The second kappa shape index (κ2) is 6.22. The van der Waals surface area contributed by atoms with Crippen molar-refractivity contribution in [2.75, 3.05) is 11.4 Å². The minimum Gasteiger partial charge on any atom is -0.346 e. The van der Waals surface area contributed by atoms with Crippen molar-refractivity contribution in [1.82, 2.24) is 25.4 Å². The molecule has 138 valence electrons. The Morgan fingerprint density at radius 3 is 2.81 bits per heavy atom. The second-order valence-corrected chi connectivity index (χ2v) is 6.30. The molecule has 1 saturated carbocycles. The van der Waals surface area contributed by atoms with E-state index >= 15 is 0 Å². The average Bonchev–Trinajstić information content (AvgIpc) is 3.11. The van der Waals surface area contributed by atoms with E-state index in [2.05, 4.69) is 25.4 Å². The van der Waals surface area contributed by atoms with Crippen LogP contribution < -0.4 is 10.2 Å². The molecule has 2 aromatic rings. The van der Waals surface area contributed by atoms with E-state index in [1.165, 1.54) is 0 Å². The number of hydrogen-bond donors (Lipinski definition) is 1. The van der Waals surface area contributed by atoms with Crippen LogP contribution in [-0.2, 0) is 6.18 Å². The number of halogens is 3. The lowest BCUT2D eigenvalue weighted by atomic mass is 10.2. The molecule has 8 nitrogen and oxygen atoms in total. The van der Waals surface area contributed by atoms with Crippen LogP contribution in [0.4, 0.5) is 19.1 Å². The van der Waals surface area contributed by atoms with Gasteiger partial charge in [-0.15, -0.1) is 0 Å². The standard InChI is InChI=1S/C15H15F3N6O2/c16-15(17,18)10-5-6-19-14(21-10)24-7-1-2-9(24)13-22-11(23-26-13)12(25)20-8-3-4-8/h5-6,8-9H,1-4,7H2,(H,20,25)/t9-/m1/s1. The number of carbonyl (C=O) groups excluding carboxylic acids is 1. The predicted molar refractivity (Wildman–Crippen MR) is 81.1 cm³/mol. The molecular formula is C15H15F3N6O2. The lowest BCUT2D eigenvalue weighted by molar-refractivity contribution is -0.141. The summed E-state index contributed by atoms with van der Waals surface area (Å²) in [6.45, 7) is 0.456. The van der Waals surface area contributed by atoms with Crippen molar-refractivity contribution in [3.05, 3.63) is 29.7 Å². The first-order chi connectivity index (χ1) is 12.4. The molecule has 1 N–H and O–H groups in total. The number of rotatable bonds is 4. The van der Waals surface area contributed by atoms with Gasteiger partial charge in [-0.3, -0.25) is 4.79 Å². The Balaban J connectivity index is 1.55. The van der Waals surface area contributed by atoms with E-state index in [1.54, 1.807) is 4.90 Å². The average molecular weight is 368 g/mol. The summed E-state index contributed by atoms with van der Waals surface area (Å²) in [5, 5.41) is 6.43. The van der Waals surface area contributed by atoms with Crippen molar-refractivity contribution in [3.63, 3.8) is 0 Å². The number of nitrogens with one attached hydrogen (secondary N) is 1. The zero-order valence-corrected chi connectivity index (χ0v) is 13.5. The van der Waals surface area contributed by atoms with Gasteiger partial charge in [-0.25, -0.2) is 9.97 Å². The molecule has 2 aromatic heterocycles. The molecule has 1 atom stereocenters. The van der Waals surface area contributed by atoms with E-state index in [0.717, 1.165) is 25.1 Å². The molecule has 0 radical (unpaired) electrons. The summed E-state index contributed by atoms with van der Waals surface area (Å²) in [6, 6.07) is 0.515. The molecule has 4 rings (SSSR count). The summed E-state index contributed by atoms with van der Waals surface area (Å²) < 4.78 is 43.8. The van der Waals surface area contributed by atoms with Gasteiger partial charge >= 0.3 is 6.18 Å². The first-order valence-corrected chi connectivity index (χ1v) is 8.23. The minimum absolute atomic E-state index is 0.0514. The van der Waals surface area contributed by atoms with E-state index in [9.17, 15) is 18.0 Å². The summed E-state index contributed by atoms with van der Waals surface area (Å²) in [4.78, 5) is 25.2. The topological polar surface area (TPSA) is 97.0 Å². The number of hydrogen-bond acceptors (Lipinski definition) is 7. The first kappa shape index (κ1) is 16.7. The minimum atomic E-state index is -4.55. The van der Waals surface area contributed by atoms with E-state index in [4.69, 9.17) is 4.52 Å². The lowest BCUT2D eigenvalue weighted by Crippen LogP contribution is -2.27. The zero-order valence-electron chi connectivity index (χ0n) is 13.5. The van der Waals surface area contributed by atoms with Crippen LogP contribution >= 0.6 is 0 Å². The van der Waals surface area contributed by atoms with E-state index < -0.39 is 23.8 Å². The van der Waals surface area contributed by atoms with Crippen LogP contribution in [0.1, 0.15) is 53.9 Å². The van der Waals surface area contributed by atoms with Crippen molar-refractivity contribution in [2.45, 2.75) is 43.9 Å². The number of amides is 1. The van der Waals surface area contributed by atoms with Crippen LogP contribution in [0.3, 0.4) is 0 Å². The fraction of sp³-hybridized carbons (Fsp3) is 0.533. The second-order valence-electron chi connectivity index (χ2n) is 6.30. The van der Waals surface area contributed by atoms with Crippen molar-refractivity contribution in [3.8, 4) is 0 Å².